The van der Waals surface area contributed by atoms with Crippen molar-refractivity contribution in [3.05, 3.63) is 314 Å². The lowest BCUT2D eigenvalue weighted by atomic mass is 9.98. The summed E-state index contributed by atoms with van der Waals surface area (Å²) in [5.41, 5.74) is 21.4. The summed E-state index contributed by atoms with van der Waals surface area (Å²) in [6, 6.07) is 110. The first-order chi connectivity index (χ1) is 46.6. The van der Waals surface area contributed by atoms with Gasteiger partial charge < -0.3 is 27.1 Å². The molecule has 0 fully saturated rings. The molecule has 0 spiro atoms. The molecule has 8 heteroatoms. The molecule has 8 nitrogen and oxygen atoms in total. The summed E-state index contributed by atoms with van der Waals surface area (Å²) in [6.07, 6.45) is 0. The van der Waals surface area contributed by atoms with Crippen molar-refractivity contribution in [3.63, 3.8) is 0 Å². The monoisotopic (exact) mass is 1200 g/mol. The molecule has 0 atom stereocenters. The minimum absolute atomic E-state index is 0.637. The Morgan fingerprint density at radius 3 is 1.29 bits per heavy atom. The van der Waals surface area contributed by atoms with Crippen molar-refractivity contribution in [3.8, 4) is 57.1 Å². The molecule has 436 valence electrons. The van der Waals surface area contributed by atoms with Crippen LogP contribution in [0.1, 0.15) is 11.1 Å². The normalized spacial score (nSPS) is 11.8. The second-order valence-corrected chi connectivity index (χ2v) is 24.1. The third kappa shape index (κ3) is 7.78. The molecule has 20 rings (SSSR count). The second-order valence-electron chi connectivity index (χ2n) is 24.1. The lowest BCUT2D eigenvalue weighted by Gasteiger charge is -2.15. The zero-order valence-corrected chi connectivity index (χ0v) is 50.4. The lowest BCUT2D eigenvalue weighted by molar-refractivity contribution is 0.669. The van der Waals surface area contributed by atoms with Gasteiger partial charge in [-0.1, -0.05) is 182 Å². The second kappa shape index (κ2) is 20.7. The van der Waals surface area contributed by atoms with E-state index in [1.54, 1.807) is 0 Å². The number of nitriles is 2. The lowest BCUT2D eigenvalue weighted by Crippen LogP contribution is -2.00. The summed E-state index contributed by atoms with van der Waals surface area (Å²) in [5, 5.41) is 34.8. The van der Waals surface area contributed by atoms with Crippen LogP contribution >= 0.6 is 0 Å². The fourth-order valence-corrected chi connectivity index (χ4v) is 15.2. The third-order valence-corrected chi connectivity index (χ3v) is 19.1. The number of hydrogen-bond donors (Lipinski definition) is 0. The van der Waals surface area contributed by atoms with E-state index in [-0.39, 0.29) is 0 Å². The quantitative estimate of drug-likeness (QED) is 0.166. The average molecular weight is 1200 g/mol. The Bertz CT molecular complexity index is 6550. The largest absolute Gasteiger partial charge is 0.456 e. The fourth-order valence-electron chi connectivity index (χ4n) is 15.2. The minimum atomic E-state index is 0.637. The molecule has 0 bridgehead atoms. The summed E-state index contributed by atoms with van der Waals surface area (Å²) in [4.78, 5) is 0. The molecule has 0 aliphatic carbocycles. The maximum absolute atomic E-state index is 10.7. The molecule has 0 radical (unpaired) electrons. The number of rotatable bonds is 6. The Morgan fingerprint density at radius 2 is 0.702 bits per heavy atom. The zero-order valence-electron chi connectivity index (χ0n) is 50.4. The van der Waals surface area contributed by atoms with Crippen LogP contribution in [-0.4, -0.2) is 18.3 Å². The van der Waals surface area contributed by atoms with Crippen LogP contribution in [0.4, 0.5) is 0 Å². The van der Waals surface area contributed by atoms with E-state index in [0.29, 0.717) is 11.1 Å². The van der Waals surface area contributed by atoms with Gasteiger partial charge in [-0.15, -0.1) is 0 Å². The van der Waals surface area contributed by atoms with Gasteiger partial charge in [-0.3, -0.25) is 0 Å². The number of benzene rings is 14. The van der Waals surface area contributed by atoms with Crippen molar-refractivity contribution in [2.75, 3.05) is 0 Å². The molecule has 0 aliphatic rings. The molecule has 0 unspecified atom stereocenters. The highest BCUT2D eigenvalue weighted by Gasteiger charge is 2.24. The van der Waals surface area contributed by atoms with E-state index >= 15 is 0 Å². The molecule has 94 heavy (non-hydrogen) atoms. The smallest absolute Gasteiger partial charge is 0.145 e. The SMILES string of the molecule is N#Cc1c(-c2cccc(-n3c4ccccc4c4c5c(ccc43)oc3ccccc35)c2)cccc1-n1c2ccccc2c2ccccc21.N#Cc1ccc(-n2c3ccccc3c3ccccc32)cc1-c1cccc(-n2c3ccccc3c3c4oc5ccccc5c4ccc32)c1. The Hall–Kier alpha value is -13.1. The number of hydrogen-bond acceptors (Lipinski definition) is 4. The van der Waals surface area contributed by atoms with Gasteiger partial charge in [0.25, 0.3) is 0 Å². The van der Waals surface area contributed by atoms with Crippen molar-refractivity contribution in [1.82, 2.24) is 18.3 Å². The number of nitrogens with zero attached hydrogens (tertiary/aromatic N) is 6. The third-order valence-electron chi connectivity index (χ3n) is 19.1. The Morgan fingerprint density at radius 1 is 0.255 bits per heavy atom. The van der Waals surface area contributed by atoms with Crippen LogP contribution in [0.25, 0.3) is 176 Å². The molecule has 20 aromatic rings. The molecule has 0 N–H and O–H groups in total. The molecular formula is C86H50N6O2. The summed E-state index contributed by atoms with van der Waals surface area (Å²) in [7, 11) is 0. The molecular weight excluding hydrogens is 1150 g/mol. The van der Waals surface area contributed by atoms with Crippen LogP contribution in [0.5, 0.6) is 0 Å². The highest BCUT2D eigenvalue weighted by atomic mass is 16.3. The summed E-state index contributed by atoms with van der Waals surface area (Å²) in [5.74, 6) is 0. The molecule has 0 saturated carbocycles. The topological polar surface area (TPSA) is 93.6 Å². The van der Waals surface area contributed by atoms with Crippen molar-refractivity contribution < 1.29 is 8.83 Å². The minimum Gasteiger partial charge on any atom is -0.456 e. The van der Waals surface area contributed by atoms with E-state index in [1.165, 1.54) is 32.3 Å². The van der Waals surface area contributed by atoms with E-state index in [4.69, 9.17) is 8.83 Å². The highest BCUT2D eigenvalue weighted by molar-refractivity contribution is 6.28. The van der Waals surface area contributed by atoms with Gasteiger partial charge in [-0.2, -0.15) is 10.5 Å². The van der Waals surface area contributed by atoms with Gasteiger partial charge in [0.15, 0.2) is 0 Å². The summed E-state index contributed by atoms with van der Waals surface area (Å²) < 4.78 is 21.9. The van der Waals surface area contributed by atoms with Gasteiger partial charge in [0.2, 0.25) is 0 Å². The first kappa shape index (κ1) is 52.8. The Balaban J connectivity index is 0.000000133. The van der Waals surface area contributed by atoms with Crippen molar-refractivity contribution in [2.45, 2.75) is 0 Å². The predicted octanol–water partition coefficient (Wildman–Crippen LogP) is 22.6. The van der Waals surface area contributed by atoms with Crippen molar-refractivity contribution in [2.24, 2.45) is 0 Å². The molecule has 6 heterocycles. The molecule has 0 aliphatic heterocycles. The van der Waals surface area contributed by atoms with Gasteiger partial charge in [0, 0.05) is 87.4 Å². The average Bonchev–Trinajstić information content (AvgIpc) is 1.57. The summed E-state index contributed by atoms with van der Waals surface area (Å²) in [6.45, 7) is 0. The number of fused-ring (bicyclic) bond motifs is 20. The maximum Gasteiger partial charge on any atom is 0.145 e. The first-order valence-corrected chi connectivity index (χ1v) is 31.5. The predicted molar refractivity (Wildman–Crippen MR) is 385 cm³/mol. The first-order valence-electron chi connectivity index (χ1n) is 31.5. The zero-order chi connectivity index (χ0) is 62.1. The van der Waals surface area contributed by atoms with E-state index in [1.807, 2.05) is 30.3 Å². The molecule has 0 saturated heterocycles. The van der Waals surface area contributed by atoms with Crippen LogP contribution in [0, 0.1) is 22.7 Å². The number of aromatic nitrogens is 4. The standard InChI is InChI=1S/2C43H25N3O/c44-26-34-29(17-10-21-38(34)46-35-18-5-1-13-30(35)31-14-2-6-19-36(31)46)27-11-9-12-28(25-27)45-37-20-7-3-15-32(37)42-39(45)23-24-41-43(42)33-16-4-8-22-40(33)47-41;44-26-28-20-21-30(45-37-16-5-1-12-31(37)32-13-2-6-17-38(32)45)25-36(28)27-10-9-11-29(24-27)46-39-18-7-3-15-35(39)42-40(46)23-22-34-33-14-4-8-19-41(33)47-43(34)42/h2*1-25H. The Labute approximate surface area is 537 Å². The summed E-state index contributed by atoms with van der Waals surface area (Å²) >= 11 is 0. The van der Waals surface area contributed by atoms with Crippen molar-refractivity contribution >= 4 is 131 Å². The van der Waals surface area contributed by atoms with Gasteiger partial charge in [0.05, 0.1) is 72.4 Å². The van der Waals surface area contributed by atoms with E-state index in [2.05, 4.69) is 303 Å². The molecule has 6 aromatic heterocycles. The number of para-hydroxylation sites is 8. The van der Waals surface area contributed by atoms with Crippen LogP contribution in [0.15, 0.2) is 312 Å². The maximum atomic E-state index is 10.7. The van der Waals surface area contributed by atoms with Gasteiger partial charge in [-0.05, 0) is 132 Å². The van der Waals surface area contributed by atoms with E-state index in [0.717, 1.165) is 144 Å². The van der Waals surface area contributed by atoms with E-state index < -0.39 is 0 Å². The number of furan rings is 2. The van der Waals surface area contributed by atoms with Crippen molar-refractivity contribution in [1.29, 1.82) is 10.5 Å². The van der Waals surface area contributed by atoms with Crippen LogP contribution < -0.4 is 0 Å². The fraction of sp³-hybridized carbons (Fsp3) is 0. The van der Waals surface area contributed by atoms with Gasteiger partial charge in [0.1, 0.15) is 28.4 Å². The Kier molecular flexibility index (Phi) is 11.6. The van der Waals surface area contributed by atoms with Gasteiger partial charge >= 0.3 is 0 Å². The van der Waals surface area contributed by atoms with Crippen LogP contribution in [0.3, 0.4) is 0 Å². The molecule has 0 amide bonds. The van der Waals surface area contributed by atoms with Crippen LogP contribution in [-0.2, 0) is 0 Å². The highest BCUT2D eigenvalue weighted by Crippen LogP contribution is 2.45. The van der Waals surface area contributed by atoms with Crippen LogP contribution in [0.2, 0.25) is 0 Å². The molecule has 14 aromatic carbocycles. The van der Waals surface area contributed by atoms with Gasteiger partial charge in [-0.25, -0.2) is 0 Å². The van der Waals surface area contributed by atoms with E-state index in [9.17, 15) is 10.5 Å².